The zero-order chi connectivity index (χ0) is 13.8. The van der Waals surface area contributed by atoms with E-state index in [2.05, 4.69) is 9.97 Å². The van der Waals surface area contributed by atoms with Crippen molar-refractivity contribution in [2.75, 3.05) is 11.4 Å². The summed E-state index contributed by atoms with van der Waals surface area (Å²) in [6, 6.07) is 5.90. The van der Waals surface area contributed by atoms with Crippen LogP contribution in [0.3, 0.4) is 0 Å². The maximum Gasteiger partial charge on any atom is 0.358 e. The second-order valence-electron chi connectivity index (χ2n) is 3.76. The summed E-state index contributed by atoms with van der Waals surface area (Å²) in [5.74, 6) is -1.36. The van der Waals surface area contributed by atoms with E-state index in [4.69, 9.17) is 5.11 Å². The molecule has 0 saturated carbocycles. The third-order valence-corrected chi connectivity index (χ3v) is 2.57. The van der Waals surface area contributed by atoms with Crippen molar-refractivity contribution in [3.05, 3.63) is 48.2 Å². The van der Waals surface area contributed by atoms with Crippen molar-refractivity contribution in [1.29, 1.82) is 0 Å². The number of aromatic nitrogens is 2. The number of aromatic carboxylic acids is 1. The van der Waals surface area contributed by atoms with Gasteiger partial charge in [-0.3, -0.25) is 0 Å². The maximum absolute atomic E-state index is 13.3. The van der Waals surface area contributed by atoms with Crippen molar-refractivity contribution in [3.8, 4) is 0 Å². The minimum absolute atomic E-state index is 0.159. The Morgan fingerprint density at radius 1 is 1.37 bits per heavy atom. The Balaban J connectivity index is 2.51. The lowest BCUT2D eigenvalue weighted by molar-refractivity contribution is 0.0691. The molecule has 0 fully saturated rings. The lowest BCUT2D eigenvalue weighted by Gasteiger charge is -2.22. The van der Waals surface area contributed by atoms with E-state index in [-0.39, 0.29) is 11.5 Å². The zero-order valence-electron chi connectivity index (χ0n) is 10.2. The fourth-order valence-electron chi connectivity index (χ4n) is 1.78. The average molecular weight is 261 g/mol. The van der Waals surface area contributed by atoms with Crippen LogP contribution in [0.25, 0.3) is 0 Å². The Kier molecular flexibility index (Phi) is 3.70. The molecule has 1 heterocycles. The highest BCUT2D eigenvalue weighted by molar-refractivity contribution is 5.92. The first-order valence-electron chi connectivity index (χ1n) is 5.71. The summed E-state index contributed by atoms with van der Waals surface area (Å²) in [5.41, 5.74) is 0.374. The fourth-order valence-corrected chi connectivity index (χ4v) is 1.78. The molecular weight excluding hydrogens is 249 g/mol. The molecule has 0 amide bonds. The Hall–Kier alpha value is -2.50. The molecule has 1 aromatic heterocycles. The normalized spacial score (nSPS) is 10.2. The van der Waals surface area contributed by atoms with Gasteiger partial charge in [-0.15, -0.1) is 0 Å². The lowest BCUT2D eigenvalue weighted by Crippen LogP contribution is -2.21. The molecule has 19 heavy (non-hydrogen) atoms. The Labute approximate surface area is 109 Å². The fraction of sp³-hybridized carbons (Fsp3) is 0.154. The molecule has 2 aromatic rings. The van der Waals surface area contributed by atoms with E-state index in [1.807, 2.05) is 6.92 Å². The molecular formula is C13H12FN3O2. The standard InChI is InChI=1S/C13H12FN3O2/c1-2-17(10-5-3-4-9(14)8-10)12-11(13(18)19)15-6-7-16-12/h3-8H,2H2,1H3,(H,18,19). The summed E-state index contributed by atoms with van der Waals surface area (Å²) >= 11 is 0. The van der Waals surface area contributed by atoms with Crippen LogP contribution in [0.2, 0.25) is 0 Å². The van der Waals surface area contributed by atoms with E-state index in [1.54, 1.807) is 17.0 Å². The molecule has 0 atom stereocenters. The van der Waals surface area contributed by atoms with Crippen LogP contribution < -0.4 is 4.90 Å². The Bertz CT molecular complexity index is 604. The summed E-state index contributed by atoms with van der Waals surface area (Å²) < 4.78 is 13.3. The average Bonchev–Trinajstić information content (AvgIpc) is 2.40. The van der Waals surface area contributed by atoms with Gasteiger partial charge in [0.05, 0.1) is 0 Å². The molecule has 0 spiro atoms. The highest BCUT2D eigenvalue weighted by Crippen LogP contribution is 2.25. The summed E-state index contributed by atoms with van der Waals surface area (Å²) in [5, 5.41) is 9.11. The maximum atomic E-state index is 13.3. The van der Waals surface area contributed by atoms with Crippen LogP contribution in [0.4, 0.5) is 15.9 Å². The lowest BCUT2D eigenvalue weighted by atomic mass is 10.2. The first kappa shape index (κ1) is 12.9. The number of nitrogens with zero attached hydrogens (tertiary/aromatic N) is 3. The van der Waals surface area contributed by atoms with Crippen molar-refractivity contribution in [2.24, 2.45) is 0 Å². The number of halogens is 1. The number of hydrogen-bond donors (Lipinski definition) is 1. The van der Waals surface area contributed by atoms with Crippen molar-refractivity contribution >= 4 is 17.5 Å². The molecule has 6 heteroatoms. The van der Waals surface area contributed by atoms with Gasteiger partial charge in [0, 0.05) is 24.6 Å². The molecule has 1 aromatic carbocycles. The summed E-state index contributed by atoms with van der Waals surface area (Å²) in [4.78, 5) is 20.6. The van der Waals surface area contributed by atoms with Crippen molar-refractivity contribution in [3.63, 3.8) is 0 Å². The molecule has 0 bridgehead atoms. The van der Waals surface area contributed by atoms with E-state index in [0.29, 0.717) is 12.2 Å². The predicted molar refractivity (Wildman–Crippen MR) is 68.1 cm³/mol. The minimum Gasteiger partial charge on any atom is -0.476 e. The van der Waals surface area contributed by atoms with E-state index >= 15 is 0 Å². The highest BCUT2D eigenvalue weighted by atomic mass is 19.1. The second-order valence-corrected chi connectivity index (χ2v) is 3.76. The van der Waals surface area contributed by atoms with Gasteiger partial charge < -0.3 is 10.0 Å². The van der Waals surface area contributed by atoms with Gasteiger partial charge in [-0.2, -0.15) is 0 Å². The second kappa shape index (κ2) is 5.43. The SMILES string of the molecule is CCN(c1cccc(F)c1)c1nccnc1C(=O)O. The summed E-state index contributed by atoms with van der Waals surface area (Å²) in [6.07, 6.45) is 2.72. The topological polar surface area (TPSA) is 66.3 Å². The third-order valence-electron chi connectivity index (χ3n) is 2.57. The van der Waals surface area contributed by atoms with E-state index in [9.17, 15) is 9.18 Å². The Morgan fingerprint density at radius 2 is 2.11 bits per heavy atom. The van der Waals surface area contributed by atoms with Crippen LogP contribution in [-0.4, -0.2) is 27.6 Å². The summed E-state index contributed by atoms with van der Waals surface area (Å²) in [7, 11) is 0. The van der Waals surface area contributed by atoms with Crippen LogP contribution in [0.5, 0.6) is 0 Å². The number of carbonyl (C=O) groups is 1. The molecule has 0 unspecified atom stereocenters. The van der Waals surface area contributed by atoms with Crippen LogP contribution in [0.1, 0.15) is 17.4 Å². The number of anilines is 2. The number of benzene rings is 1. The number of rotatable bonds is 4. The van der Waals surface area contributed by atoms with Crippen molar-refractivity contribution in [2.45, 2.75) is 6.92 Å². The smallest absolute Gasteiger partial charge is 0.358 e. The van der Waals surface area contributed by atoms with Crippen LogP contribution >= 0.6 is 0 Å². The van der Waals surface area contributed by atoms with Gasteiger partial charge in [-0.1, -0.05) is 6.07 Å². The van der Waals surface area contributed by atoms with Crippen LogP contribution in [0.15, 0.2) is 36.7 Å². The molecule has 0 aliphatic heterocycles. The van der Waals surface area contributed by atoms with Crippen molar-refractivity contribution in [1.82, 2.24) is 9.97 Å². The molecule has 0 aliphatic rings. The van der Waals surface area contributed by atoms with E-state index in [1.165, 1.54) is 24.5 Å². The van der Waals surface area contributed by atoms with Gasteiger partial charge in [-0.05, 0) is 25.1 Å². The zero-order valence-corrected chi connectivity index (χ0v) is 10.2. The van der Waals surface area contributed by atoms with E-state index < -0.39 is 11.8 Å². The quantitative estimate of drug-likeness (QED) is 0.915. The first-order valence-corrected chi connectivity index (χ1v) is 5.71. The molecule has 2 rings (SSSR count). The molecule has 0 saturated heterocycles. The molecule has 0 aliphatic carbocycles. The van der Waals surface area contributed by atoms with Gasteiger partial charge >= 0.3 is 5.97 Å². The predicted octanol–water partition coefficient (Wildman–Crippen LogP) is 2.47. The molecule has 1 N–H and O–H groups in total. The number of carboxylic acid groups (broad SMARTS) is 1. The monoisotopic (exact) mass is 261 g/mol. The summed E-state index contributed by atoms with van der Waals surface area (Å²) in [6.45, 7) is 2.27. The largest absolute Gasteiger partial charge is 0.476 e. The highest BCUT2D eigenvalue weighted by Gasteiger charge is 2.19. The Morgan fingerprint density at radius 3 is 2.74 bits per heavy atom. The third kappa shape index (κ3) is 2.67. The van der Waals surface area contributed by atoms with Gasteiger partial charge in [0.15, 0.2) is 11.5 Å². The van der Waals surface area contributed by atoms with Gasteiger partial charge in [0.25, 0.3) is 0 Å². The molecule has 98 valence electrons. The number of carboxylic acids is 1. The van der Waals surface area contributed by atoms with Crippen LogP contribution in [0, 0.1) is 5.82 Å². The van der Waals surface area contributed by atoms with Gasteiger partial charge in [-0.25, -0.2) is 19.2 Å². The van der Waals surface area contributed by atoms with Gasteiger partial charge in [0.1, 0.15) is 5.82 Å². The van der Waals surface area contributed by atoms with E-state index in [0.717, 1.165) is 0 Å². The molecule has 5 nitrogen and oxygen atoms in total. The van der Waals surface area contributed by atoms with Crippen molar-refractivity contribution < 1.29 is 14.3 Å². The number of hydrogen-bond acceptors (Lipinski definition) is 4. The minimum atomic E-state index is -1.17. The first-order chi connectivity index (χ1) is 9.13. The molecule has 0 radical (unpaired) electrons. The van der Waals surface area contributed by atoms with Gasteiger partial charge in [0.2, 0.25) is 0 Å². The van der Waals surface area contributed by atoms with Crippen LogP contribution in [-0.2, 0) is 0 Å².